The Morgan fingerprint density at radius 3 is 2.52 bits per heavy atom. The molecule has 0 radical (unpaired) electrons. The van der Waals surface area contributed by atoms with Gasteiger partial charge >= 0.3 is 0 Å². The van der Waals surface area contributed by atoms with Gasteiger partial charge in [0.15, 0.2) is 0 Å². The zero-order valence-electron chi connectivity index (χ0n) is 16.1. The van der Waals surface area contributed by atoms with Gasteiger partial charge in [-0.05, 0) is 43.2 Å². The molecule has 7 heteroatoms. The van der Waals surface area contributed by atoms with Crippen LogP contribution in [0.5, 0.6) is 0 Å². The molecule has 2 aromatic carbocycles. The number of aryl methyl sites for hydroxylation is 3. The SMILES string of the molecule is Cc1ccc2c(-c3cccc4nn(C)c(F)c34)nn(-c3ccc(F)nc3)c2c1C. The number of halogens is 2. The molecule has 0 unspecified atom stereocenters. The fourth-order valence-corrected chi connectivity index (χ4v) is 3.75. The van der Waals surface area contributed by atoms with E-state index in [0.29, 0.717) is 27.8 Å². The molecule has 0 aliphatic heterocycles. The molecule has 0 saturated heterocycles. The van der Waals surface area contributed by atoms with Gasteiger partial charge in [-0.2, -0.15) is 19.0 Å². The molecule has 144 valence electrons. The van der Waals surface area contributed by atoms with Crippen LogP contribution in [0.15, 0.2) is 48.7 Å². The van der Waals surface area contributed by atoms with Gasteiger partial charge in [-0.3, -0.25) is 0 Å². The first-order valence-corrected chi connectivity index (χ1v) is 9.18. The van der Waals surface area contributed by atoms with Gasteiger partial charge in [-0.15, -0.1) is 0 Å². The molecule has 0 fully saturated rings. The molecule has 3 heterocycles. The normalized spacial score (nSPS) is 11.6. The van der Waals surface area contributed by atoms with E-state index in [9.17, 15) is 8.78 Å². The molecular weight excluding hydrogens is 372 g/mol. The van der Waals surface area contributed by atoms with Crippen molar-refractivity contribution < 1.29 is 8.78 Å². The van der Waals surface area contributed by atoms with E-state index >= 15 is 0 Å². The van der Waals surface area contributed by atoms with E-state index in [1.54, 1.807) is 23.9 Å². The number of hydrogen-bond donors (Lipinski definition) is 0. The van der Waals surface area contributed by atoms with Crippen LogP contribution in [0, 0.1) is 25.7 Å². The Hall–Kier alpha value is -3.61. The molecule has 0 aliphatic rings. The highest BCUT2D eigenvalue weighted by Crippen LogP contribution is 2.36. The summed E-state index contributed by atoms with van der Waals surface area (Å²) >= 11 is 0. The summed E-state index contributed by atoms with van der Waals surface area (Å²) in [6.07, 6.45) is 1.44. The van der Waals surface area contributed by atoms with E-state index in [0.717, 1.165) is 22.0 Å². The lowest BCUT2D eigenvalue weighted by atomic mass is 10.0. The quantitative estimate of drug-likeness (QED) is 0.405. The van der Waals surface area contributed by atoms with Crippen LogP contribution in [-0.2, 0) is 7.05 Å². The lowest BCUT2D eigenvalue weighted by Crippen LogP contribution is -2.00. The van der Waals surface area contributed by atoms with Gasteiger partial charge in [0.05, 0.1) is 28.3 Å². The number of pyridine rings is 1. The van der Waals surface area contributed by atoms with E-state index in [2.05, 4.69) is 10.1 Å². The highest BCUT2D eigenvalue weighted by molar-refractivity contribution is 6.04. The number of hydrogen-bond acceptors (Lipinski definition) is 3. The van der Waals surface area contributed by atoms with Crippen LogP contribution in [0.3, 0.4) is 0 Å². The van der Waals surface area contributed by atoms with Crippen molar-refractivity contribution in [2.24, 2.45) is 7.05 Å². The Morgan fingerprint density at radius 2 is 1.76 bits per heavy atom. The van der Waals surface area contributed by atoms with Gasteiger partial charge in [0.25, 0.3) is 0 Å². The van der Waals surface area contributed by atoms with Gasteiger partial charge < -0.3 is 0 Å². The largest absolute Gasteiger partial charge is 0.242 e. The third-order valence-electron chi connectivity index (χ3n) is 5.37. The van der Waals surface area contributed by atoms with E-state index in [1.807, 2.05) is 38.1 Å². The van der Waals surface area contributed by atoms with E-state index in [1.165, 1.54) is 16.9 Å². The second-order valence-corrected chi connectivity index (χ2v) is 7.12. The van der Waals surface area contributed by atoms with Crippen LogP contribution in [0.2, 0.25) is 0 Å². The van der Waals surface area contributed by atoms with Gasteiger partial charge in [-0.1, -0.05) is 24.3 Å². The summed E-state index contributed by atoms with van der Waals surface area (Å²) in [5.74, 6) is -0.967. The Kier molecular flexibility index (Phi) is 3.74. The first-order valence-electron chi connectivity index (χ1n) is 9.18. The predicted molar refractivity (Wildman–Crippen MR) is 108 cm³/mol. The summed E-state index contributed by atoms with van der Waals surface area (Å²) in [6.45, 7) is 4.04. The first kappa shape index (κ1) is 17.5. The Labute approximate surface area is 165 Å². The molecule has 5 aromatic rings. The number of fused-ring (bicyclic) bond motifs is 2. The minimum atomic E-state index is -0.555. The van der Waals surface area contributed by atoms with Gasteiger partial charge in [0, 0.05) is 18.0 Å². The van der Waals surface area contributed by atoms with Gasteiger partial charge in [-0.25, -0.2) is 14.3 Å². The van der Waals surface area contributed by atoms with Crippen molar-refractivity contribution in [3.05, 3.63) is 71.7 Å². The molecule has 0 aliphatic carbocycles. The molecule has 29 heavy (non-hydrogen) atoms. The van der Waals surface area contributed by atoms with Crippen molar-refractivity contribution in [1.29, 1.82) is 0 Å². The van der Waals surface area contributed by atoms with Crippen molar-refractivity contribution in [3.63, 3.8) is 0 Å². The van der Waals surface area contributed by atoms with Crippen LogP contribution < -0.4 is 0 Å². The highest BCUT2D eigenvalue weighted by atomic mass is 19.1. The zero-order valence-corrected chi connectivity index (χ0v) is 16.1. The Bertz CT molecular complexity index is 1400. The first-order chi connectivity index (χ1) is 14.0. The summed E-state index contributed by atoms with van der Waals surface area (Å²) in [5, 5.41) is 10.4. The number of aromatic nitrogens is 5. The van der Waals surface area contributed by atoms with Crippen LogP contribution in [-0.4, -0.2) is 24.5 Å². The van der Waals surface area contributed by atoms with Gasteiger partial charge in [0.1, 0.15) is 5.69 Å². The predicted octanol–water partition coefficient (Wildman–Crippen LogP) is 4.87. The van der Waals surface area contributed by atoms with Crippen LogP contribution >= 0.6 is 0 Å². The number of rotatable bonds is 2. The highest BCUT2D eigenvalue weighted by Gasteiger charge is 2.21. The summed E-state index contributed by atoms with van der Waals surface area (Å²) in [5.41, 5.74) is 5.54. The lowest BCUT2D eigenvalue weighted by molar-refractivity contribution is 0.512. The van der Waals surface area contributed by atoms with E-state index in [-0.39, 0.29) is 0 Å². The smallest absolute Gasteiger partial charge is 0.219 e. The Balaban J connectivity index is 1.90. The average molecular weight is 389 g/mol. The van der Waals surface area contributed by atoms with Crippen molar-refractivity contribution in [2.75, 3.05) is 0 Å². The molecule has 3 aromatic heterocycles. The third-order valence-corrected chi connectivity index (χ3v) is 5.37. The summed E-state index contributed by atoms with van der Waals surface area (Å²) in [4.78, 5) is 3.76. The maximum Gasteiger partial charge on any atom is 0.219 e. The van der Waals surface area contributed by atoms with Crippen molar-refractivity contribution in [3.8, 4) is 16.9 Å². The molecule has 0 bridgehead atoms. The maximum atomic E-state index is 14.8. The van der Waals surface area contributed by atoms with Gasteiger partial charge in [0.2, 0.25) is 11.9 Å². The second-order valence-electron chi connectivity index (χ2n) is 7.12. The summed E-state index contributed by atoms with van der Waals surface area (Å²) < 4.78 is 31.2. The minimum absolute atomic E-state index is 0.411. The minimum Gasteiger partial charge on any atom is -0.242 e. The average Bonchev–Trinajstić information content (AvgIpc) is 3.24. The molecule has 5 rings (SSSR count). The third kappa shape index (κ3) is 2.54. The fraction of sp³-hybridized carbons (Fsp3) is 0.136. The zero-order chi connectivity index (χ0) is 20.3. The second kappa shape index (κ2) is 6.20. The molecular formula is C22H17F2N5. The number of benzene rings is 2. The summed E-state index contributed by atoms with van der Waals surface area (Å²) in [7, 11) is 1.58. The molecule has 5 nitrogen and oxygen atoms in total. The standard InChI is InChI=1S/C22H17F2N5/c1-12-7-9-16-20(15-5-4-6-17-19(15)22(24)28(3)26-17)27-29(21(16)13(12)2)14-8-10-18(23)25-11-14/h4-11H,1-3H3. The van der Waals surface area contributed by atoms with Crippen molar-refractivity contribution in [1.82, 2.24) is 24.5 Å². The van der Waals surface area contributed by atoms with E-state index < -0.39 is 11.9 Å². The topological polar surface area (TPSA) is 48.5 Å². The van der Waals surface area contributed by atoms with Crippen molar-refractivity contribution in [2.45, 2.75) is 13.8 Å². The van der Waals surface area contributed by atoms with Crippen molar-refractivity contribution >= 4 is 21.8 Å². The maximum absolute atomic E-state index is 14.8. The molecule has 0 amide bonds. The lowest BCUT2D eigenvalue weighted by Gasteiger charge is -2.07. The van der Waals surface area contributed by atoms with Crippen LogP contribution in [0.1, 0.15) is 11.1 Å². The molecule has 0 spiro atoms. The molecule has 0 N–H and O–H groups in total. The monoisotopic (exact) mass is 389 g/mol. The fourth-order valence-electron chi connectivity index (χ4n) is 3.75. The molecule has 0 atom stereocenters. The van der Waals surface area contributed by atoms with E-state index in [4.69, 9.17) is 5.10 Å². The molecule has 0 saturated carbocycles. The number of nitrogens with zero attached hydrogens (tertiary/aromatic N) is 5. The summed E-state index contributed by atoms with van der Waals surface area (Å²) in [6, 6.07) is 12.4. The van der Waals surface area contributed by atoms with Crippen LogP contribution in [0.25, 0.3) is 38.8 Å². The Morgan fingerprint density at radius 1 is 0.931 bits per heavy atom. The van der Waals surface area contributed by atoms with Crippen LogP contribution in [0.4, 0.5) is 8.78 Å².